The van der Waals surface area contributed by atoms with Crippen molar-refractivity contribution in [2.75, 3.05) is 51.8 Å². The van der Waals surface area contributed by atoms with Crippen molar-refractivity contribution in [1.29, 1.82) is 0 Å². The van der Waals surface area contributed by atoms with Crippen LogP contribution in [0.15, 0.2) is 12.1 Å². The Kier molecular flexibility index (Phi) is 5.59. The van der Waals surface area contributed by atoms with E-state index in [1.165, 1.54) is 0 Å². The van der Waals surface area contributed by atoms with Crippen molar-refractivity contribution < 1.29 is 9.53 Å². The van der Waals surface area contributed by atoms with Crippen LogP contribution in [0.25, 0.3) is 0 Å². The van der Waals surface area contributed by atoms with Crippen molar-refractivity contribution in [1.82, 2.24) is 14.8 Å². The van der Waals surface area contributed by atoms with Crippen LogP contribution in [0.4, 0.5) is 5.69 Å². The molecular weight excluding hydrogens is 316 g/mol. The highest BCUT2D eigenvalue weighted by molar-refractivity contribution is 5.73. The number of carbonyl (C=O) groups is 1. The third-order valence-corrected chi connectivity index (χ3v) is 5.33. The fraction of sp³-hybridized carbons (Fsp3) is 0.684. The number of aryl methyl sites for hydroxylation is 1. The summed E-state index contributed by atoms with van der Waals surface area (Å²) in [4.78, 5) is 22.8. The minimum Gasteiger partial charge on any atom is -0.378 e. The van der Waals surface area contributed by atoms with Crippen LogP contribution in [0.1, 0.15) is 37.3 Å². The molecule has 1 aromatic rings. The van der Waals surface area contributed by atoms with Gasteiger partial charge in [0.15, 0.2) is 0 Å². The minimum absolute atomic E-state index is 0.0261. The van der Waals surface area contributed by atoms with E-state index in [-0.39, 0.29) is 12.0 Å². The smallest absolute Gasteiger partial charge is 0.219 e. The van der Waals surface area contributed by atoms with Crippen molar-refractivity contribution >= 4 is 11.6 Å². The van der Waals surface area contributed by atoms with Crippen LogP contribution in [0.2, 0.25) is 0 Å². The first-order valence-electron chi connectivity index (χ1n) is 9.21. The molecule has 138 valence electrons. The third-order valence-electron chi connectivity index (χ3n) is 5.33. The van der Waals surface area contributed by atoms with E-state index in [0.717, 1.165) is 62.7 Å². The molecule has 0 radical (unpaired) electrons. The van der Waals surface area contributed by atoms with Crippen molar-refractivity contribution in [2.45, 2.75) is 38.8 Å². The number of likely N-dealkylation sites (tertiary alicyclic amines) is 1. The quantitative estimate of drug-likeness (QED) is 0.836. The monoisotopic (exact) mass is 346 g/mol. The highest BCUT2D eigenvalue weighted by Crippen LogP contribution is 2.27. The predicted molar refractivity (Wildman–Crippen MR) is 98.8 cm³/mol. The Morgan fingerprint density at radius 1 is 1.24 bits per heavy atom. The summed E-state index contributed by atoms with van der Waals surface area (Å²) in [7, 11) is 4.10. The topological polar surface area (TPSA) is 48.9 Å². The maximum atomic E-state index is 11.5. The molecule has 0 N–H and O–H groups in total. The molecule has 0 bridgehead atoms. The molecule has 0 aliphatic carbocycles. The van der Waals surface area contributed by atoms with Gasteiger partial charge in [-0.1, -0.05) is 0 Å². The molecule has 1 atom stereocenters. The Bertz CT molecular complexity index is 611. The summed E-state index contributed by atoms with van der Waals surface area (Å²) in [6.07, 6.45) is 2.13. The molecular formula is C19H30N4O2. The van der Waals surface area contributed by atoms with E-state index in [1.807, 2.05) is 11.8 Å². The fourth-order valence-electron chi connectivity index (χ4n) is 3.82. The first kappa shape index (κ1) is 18.1. The molecule has 2 aliphatic heterocycles. The van der Waals surface area contributed by atoms with Crippen LogP contribution >= 0.6 is 0 Å². The van der Waals surface area contributed by atoms with Crippen LogP contribution in [0.5, 0.6) is 0 Å². The van der Waals surface area contributed by atoms with Gasteiger partial charge in [-0.25, -0.2) is 0 Å². The number of piperidine rings is 1. The summed E-state index contributed by atoms with van der Waals surface area (Å²) in [5, 5.41) is 0. The van der Waals surface area contributed by atoms with E-state index in [9.17, 15) is 4.79 Å². The standard InChI is InChI=1S/C19H30N4O2/c1-14-11-17(21(3)4)12-18(20-14)19-13-23(9-10-25-19)16-5-7-22(8-6-16)15(2)24/h11-12,16,19H,5-10,13H2,1-4H3. The van der Waals surface area contributed by atoms with Gasteiger partial charge in [-0.2, -0.15) is 0 Å². The van der Waals surface area contributed by atoms with Crippen molar-refractivity contribution in [3.05, 3.63) is 23.5 Å². The summed E-state index contributed by atoms with van der Waals surface area (Å²) in [5.74, 6) is 0.193. The Morgan fingerprint density at radius 3 is 2.60 bits per heavy atom. The zero-order chi connectivity index (χ0) is 18.0. The molecule has 0 aromatic carbocycles. The third kappa shape index (κ3) is 4.30. The highest BCUT2D eigenvalue weighted by Gasteiger charge is 2.31. The fourth-order valence-corrected chi connectivity index (χ4v) is 3.82. The molecule has 1 amide bonds. The number of morpholine rings is 1. The number of ether oxygens (including phenoxy) is 1. The van der Waals surface area contributed by atoms with Gasteiger partial charge < -0.3 is 14.5 Å². The van der Waals surface area contributed by atoms with Gasteiger partial charge in [-0.15, -0.1) is 0 Å². The number of amides is 1. The lowest BCUT2D eigenvalue weighted by Gasteiger charge is -2.42. The Morgan fingerprint density at radius 2 is 1.96 bits per heavy atom. The molecule has 3 rings (SSSR count). The molecule has 2 fully saturated rings. The lowest BCUT2D eigenvalue weighted by Crippen LogP contribution is -2.50. The first-order valence-corrected chi connectivity index (χ1v) is 9.21. The van der Waals surface area contributed by atoms with Crippen molar-refractivity contribution in [3.8, 4) is 0 Å². The summed E-state index contributed by atoms with van der Waals surface area (Å²) < 4.78 is 6.05. The van der Waals surface area contributed by atoms with Gasteiger partial charge in [0.2, 0.25) is 5.91 Å². The van der Waals surface area contributed by atoms with Crippen molar-refractivity contribution in [3.63, 3.8) is 0 Å². The summed E-state index contributed by atoms with van der Waals surface area (Å²) in [6.45, 7) is 8.03. The molecule has 1 aromatic heterocycles. The van der Waals surface area contributed by atoms with Crippen LogP contribution < -0.4 is 4.90 Å². The van der Waals surface area contributed by atoms with Gasteiger partial charge in [0.25, 0.3) is 0 Å². The van der Waals surface area contributed by atoms with Gasteiger partial charge >= 0.3 is 0 Å². The van der Waals surface area contributed by atoms with Gasteiger partial charge in [-0.05, 0) is 31.9 Å². The largest absolute Gasteiger partial charge is 0.378 e. The summed E-state index contributed by atoms with van der Waals surface area (Å²) in [5.41, 5.74) is 3.21. The molecule has 1 unspecified atom stereocenters. The Hall–Kier alpha value is -1.66. The van der Waals surface area contributed by atoms with Gasteiger partial charge in [-0.3, -0.25) is 14.7 Å². The number of anilines is 1. The van der Waals surface area contributed by atoms with Gasteiger partial charge in [0, 0.05) is 64.6 Å². The zero-order valence-corrected chi connectivity index (χ0v) is 15.9. The molecule has 25 heavy (non-hydrogen) atoms. The van der Waals surface area contributed by atoms with Gasteiger partial charge in [0.1, 0.15) is 6.10 Å². The molecule has 0 saturated carbocycles. The maximum Gasteiger partial charge on any atom is 0.219 e. The molecule has 6 heteroatoms. The van der Waals surface area contributed by atoms with Crippen LogP contribution in [-0.4, -0.2) is 73.6 Å². The van der Waals surface area contributed by atoms with E-state index >= 15 is 0 Å². The highest BCUT2D eigenvalue weighted by atomic mass is 16.5. The average molecular weight is 346 g/mol. The molecule has 0 spiro atoms. The molecule has 2 saturated heterocycles. The second-order valence-electron chi connectivity index (χ2n) is 7.38. The average Bonchev–Trinajstić information content (AvgIpc) is 2.61. The van der Waals surface area contributed by atoms with Gasteiger partial charge in [0.05, 0.1) is 12.3 Å². The second kappa shape index (κ2) is 7.70. The van der Waals surface area contributed by atoms with E-state index in [1.54, 1.807) is 6.92 Å². The molecule has 2 aliphatic rings. The first-order chi connectivity index (χ1) is 11.9. The number of hydrogen-bond acceptors (Lipinski definition) is 5. The van der Waals surface area contributed by atoms with E-state index in [4.69, 9.17) is 9.72 Å². The predicted octanol–water partition coefficient (Wildman–Crippen LogP) is 1.84. The number of rotatable bonds is 3. The normalized spacial score (nSPS) is 22.9. The van der Waals surface area contributed by atoms with E-state index in [2.05, 4.69) is 36.0 Å². The summed E-state index contributed by atoms with van der Waals surface area (Å²) in [6, 6.07) is 4.78. The van der Waals surface area contributed by atoms with Crippen LogP contribution in [0.3, 0.4) is 0 Å². The SMILES string of the molecule is CC(=O)N1CCC(N2CCOC(c3cc(N(C)C)cc(C)n3)C2)CC1. The van der Waals surface area contributed by atoms with Crippen LogP contribution in [0, 0.1) is 6.92 Å². The molecule has 3 heterocycles. The Balaban J connectivity index is 1.67. The second-order valence-corrected chi connectivity index (χ2v) is 7.38. The zero-order valence-electron chi connectivity index (χ0n) is 15.9. The molecule has 6 nitrogen and oxygen atoms in total. The van der Waals surface area contributed by atoms with Crippen molar-refractivity contribution in [2.24, 2.45) is 0 Å². The summed E-state index contributed by atoms with van der Waals surface area (Å²) >= 11 is 0. The lowest BCUT2D eigenvalue weighted by atomic mass is 10.0. The van der Waals surface area contributed by atoms with E-state index in [0.29, 0.717) is 6.04 Å². The number of hydrogen-bond donors (Lipinski definition) is 0. The minimum atomic E-state index is 0.0261. The lowest BCUT2D eigenvalue weighted by molar-refractivity contribution is -0.131. The number of carbonyl (C=O) groups excluding carboxylic acids is 1. The number of aromatic nitrogens is 1. The number of pyridine rings is 1. The van der Waals surface area contributed by atoms with Crippen LogP contribution in [-0.2, 0) is 9.53 Å². The number of nitrogens with zero attached hydrogens (tertiary/aromatic N) is 4. The Labute approximate surface area is 150 Å². The van der Waals surface area contributed by atoms with E-state index < -0.39 is 0 Å². The maximum absolute atomic E-state index is 11.5.